The van der Waals surface area contributed by atoms with Gasteiger partial charge in [-0.25, -0.2) is 4.79 Å². The molecular weight excluding hydrogens is 536 g/mol. The van der Waals surface area contributed by atoms with Gasteiger partial charge in [0.2, 0.25) is 0 Å². The Bertz CT molecular complexity index is 1370. The van der Waals surface area contributed by atoms with Crippen LogP contribution in [0, 0.1) is 5.92 Å². The molecule has 9 nitrogen and oxygen atoms in total. The van der Waals surface area contributed by atoms with E-state index < -0.39 is 12.1 Å². The molecule has 0 spiro atoms. The molecule has 0 radical (unpaired) electrons. The lowest BCUT2D eigenvalue weighted by Crippen LogP contribution is -2.49. The van der Waals surface area contributed by atoms with E-state index in [2.05, 4.69) is 4.90 Å². The number of β-amino-alcohol motifs (C(OH)–C–C–N with tert-alkyl or cyclic N) is 1. The molecule has 1 N–H and O–H groups in total. The number of ketones is 1. The number of carbonyl (C=O) groups is 2. The normalized spacial score (nSPS) is 24.1. The van der Waals surface area contributed by atoms with Crippen LogP contribution in [0.5, 0.6) is 11.5 Å². The highest BCUT2D eigenvalue weighted by molar-refractivity contribution is 5.97. The van der Waals surface area contributed by atoms with Gasteiger partial charge in [-0.15, -0.1) is 0 Å². The van der Waals surface area contributed by atoms with Crippen molar-refractivity contribution in [3.05, 3.63) is 63.6 Å². The second kappa shape index (κ2) is 13.7. The quantitative estimate of drug-likeness (QED) is 0.509. The van der Waals surface area contributed by atoms with Crippen LogP contribution >= 0.6 is 0 Å². The van der Waals surface area contributed by atoms with Gasteiger partial charge in [0, 0.05) is 62.8 Å². The average molecular weight is 579 g/mol. The third-order valence-corrected chi connectivity index (χ3v) is 8.50. The van der Waals surface area contributed by atoms with Gasteiger partial charge in [-0.1, -0.05) is 18.2 Å². The number of Topliss-reactive ketones (excluding diaryl/α,β-unsaturated/α-hetero) is 1. The molecule has 4 heterocycles. The highest BCUT2D eigenvalue weighted by Crippen LogP contribution is 2.35. The minimum absolute atomic E-state index is 0.0618. The number of aromatic nitrogens is 1. The molecule has 4 atom stereocenters. The maximum Gasteiger partial charge on any atom is 0.342 e. The van der Waals surface area contributed by atoms with Gasteiger partial charge >= 0.3 is 5.97 Å². The van der Waals surface area contributed by atoms with E-state index in [0.29, 0.717) is 73.7 Å². The van der Waals surface area contributed by atoms with E-state index in [1.165, 1.54) is 7.11 Å². The zero-order valence-corrected chi connectivity index (χ0v) is 24.6. The molecule has 9 heteroatoms. The minimum atomic E-state index is -0.722. The Kier molecular flexibility index (Phi) is 9.80. The number of fused-ring (bicyclic) bond motifs is 5. The number of nitrogens with zero attached hydrogens (tertiary/aromatic N) is 2. The molecule has 2 aromatic rings. The Balaban J connectivity index is 1.26. The highest BCUT2D eigenvalue weighted by atomic mass is 16.5. The molecule has 1 aromatic carbocycles. The minimum Gasteiger partial charge on any atom is -0.496 e. The molecule has 42 heavy (non-hydrogen) atoms. The van der Waals surface area contributed by atoms with E-state index in [-0.39, 0.29) is 30.0 Å². The van der Waals surface area contributed by atoms with Crippen LogP contribution in [0.25, 0.3) is 6.08 Å². The zero-order chi connectivity index (χ0) is 29.6. The lowest BCUT2D eigenvalue weighted by molar-refractivity contribution is -0.119. The van der Waals surface area contributed by atoms with Crippen molar-refractivity contribution < 1.29 is 28.9 Å². The molecule has 1 fully saturated rings. The number of ether oxygens (including phenoxy) is 3. The van der Waals surface area contributed by atoms with Gasteiger partial charge in [0.05, 0.1) is 13.2 Å². The number of methoxy groups -OCH3 is 1. The number of aliphatic hydroxyl groups excluding tert-OH is 1. The largest absolute Gasteiger partial charge is 0.496 e. The van der Waals surface area contributed by atoms with Crippen LogP contribution in [0.3, 0.4) is 0 Å². The van der Waals surface area contributed by atoms with Gasteiger partial charge in [-0.05, 0) is 62.6 Å². The lowest BCUT2D eigenvalue weighted by Gasteiger charge is -2.43. The van der Waals surface area contributed by atoms with Gasteiger partial charge < -0.3 is 23.9 Å². The summed E-state index contributed by atoms with van der Waals surface area (Å²) >= 11 is 0. The first kappa shape index (κ1) is 30.0. The zero-order valence-electron chi connectivity index (χ0n) is 24.6. The van der Waals surface area contributed by atoms with Crippen LogP contribution in [0.1, 0.15) is 79.4 Å². The number of esters is 1. The second-order valence-corrected chi connectivity index (χ2v) is 11.9. The average Bonchev–Trinajstić information content (AvgIpc) is 2.95. The summed E-state index contributed by atoms with van der Waals surface area (Å²) in [5.41, 5.74) is 2.09. The number of hydrogen-bond acceptors (Lipinski definition) is 8. The van der Waals surface area contributed by atoms with Crippen molar-refractivity contribution in [2.75, 3.05) is 33.4 Å². The van der Waals surface area contributed by atoms with Gasteiger partial charge in [-0.3, -0.25) is 14.5 Å². The number of aliphatic hydroxyl groups is 1. The van der Waals surface area contributed by atoms with Crippen molar-refractivity contribution in [1.82, 2.24) is 9.47 Å². The summed E-state index contributed by atoms with van der Waals surface area (Å²) in [6.45, 7) is 4.72. The Morgan fingerprint density at radius 2 is 1.93 bits per heavy atom. The Morgan fingerprint density at radius 1 is 1.10 bits per heavy atom. The molecule has 0 saturated carbocycles. The molecule has 0 aliphatic carbocycles. The Hall–Kier alpha value is -3.43. The summed E-state index contributed by atoms with van der Waals surface area (Å²) in [7, 11) is 1.51. The standard InChI is InChI=1S/C33H42N2O7/c1-22-8-6-11-26(36)10-5-3-4-9-24-15-28(16-30(40-2)32(24)33(39)42-22)41-21-27(37)20-34-17-23-14-25(19-34)29-12-7-13-31(38)35(29)18-23/h4,7,9,12-13,15-16,22-23,25,27,37H,3,5-6,8,10-11,14,17-21H2,1-2H3/t22-,23-,25+,27-/m0/s1. The third kappa shape index (κ3) is 7.31. The summed E-state index contributed by atoms with van der Waals surface area (Å²) in [6.07, 6.45) is 7.63. The SMILES string of the molecule is COc1cc(OC[C@@H](O)CN2C[C@@H]3C[C@H](C2)c2cccc(=O)n2C3)cc2c1C(=O)O[C@@H](C)CCCC(=O)CCCC=C2. The number of allylic oxidation sites excluding steroid dienone is 1. The molecule has 3 aliphatic rings. The summed E-state index contributed by atoms with van der Waals surface area (Å²) in [5.74, 6) is 1.25. The maximum absolute atomic E-state index is 13.2. The van der Waals surface area contributed by atoms with Crippen molar-refractivity contribution in [3.8, 4) is 11.5 Å². The van der Waals surface area contributed by atoms with E-state index in [0.717, 1.165) is 31.6 Å². The molecular formula is C33H42N2O7. The molecule has 0 unspecified atom stereocenters. The van der Waals surface area contributed by atoms with Crippen molar-refractivity contribution >= 4 is 17.8 Å². The van der Waals surface area contributed by atoms with Crippen LogP contribution in [-0.4, -0.2) is 71.9 Å². The van der Waals surface area contributed by atoms with E-state index in [1.54, 1.807) is 18.2 Å². The first-order chi connectivity index (χ1) is 20.3. The van der Waals surface area contributed by atoms with Crippen LogP contribution in [0.4, 0.5) is 0 Å². The van der Waals surface area contributed by atoms with E-state index in [4.69, 9.17) is 14.2 Å². The summed E-state index contributed by atoms with van der Waals surface area (Å²) in [5, 5.41) is 10.9. The number of cyclic esters (lactones) is 1. The van der Waals surface area contributed by atoms with E-state index in [9.17, 15) is 19.5 Å². The number of rotatable bonds is 6. The fraction of sp³-hybridized carbons (Fsp3) is 0.545. The van der Waals surface area contributed by atoms with Crippen LogP contribution in [0.15, 0.2) is 41.2 Å². The van der Waals surface area contributed by atoms with Gasteiger partial charge in [0.25, 0.3) is 5.56 Å². The Labute approximate surface area is 247 Å². The number of carbonyl (C=O) groups excluding carboxylic acids is 2. The van der Waals surface area contributed by atoms with Crippen LogP contribution in [0.2, 0.25) is 0 Å². The van der Waals surface area contributed by atoms with Gasteiger partial charge in [-0.2, -0.15) is 0 Å². The maximum atomic E-state index is 13.2. The first-order valence-corrected chi connectivity index (χ1v) is 15.1. The topological polar surface area (TPSA) is 107 Å². The summed E-state index contributed by atoms with van der Waals surface area (Å²) in [4.78, 5) is 39.9. The summed E-state index contributed by atoms with van der Waals surface area (Å²) < 4.78 is 19.2. The molecule has 5 rings (SSSR count). The second-order valence-electron chi connectivity index (χ2n) is 11.9. The number of benzene rings is 1. The predicted octanol–water partition coefficient (Wildman–Crippen LogP) is 4.20. The molecule has 2 bridgehead atoms. The number of likely N-dealkylation sites (tertiary alicyclic amines) is 1. The van der Waals surface area contributed by atoms with Gasteiger partial charge in [0.1, 0.15) is 35.6 Å². The fourth-order valence-corrected chi connectivity index (χ4v) is 6.53. The predicted molar refractivity (Wildman–Crippen MR) is 159 cm³/mol. The molecule has 3 aliphatic heterocycles. The summed E-state index contributed by atoms with van der Waals surface area (Å²) in [6, 6.07) is 8.92. The van der Waals surface area contributed by atoms with Crippen molar-refractivity contribution in [2.45, 2.75) is 76.5 Å². The van der Waals surface area contributed by atoms with Crippen LogP contribution in [-0.2, 0) is 16.1 Å². The van der Waals surface area contributed by atoms with E-state index in [1.807, 2.05) is 35.8 Å². The van der Waals surface area contributed by atoms with Crippen LogP contribution < -0.4 is 15.0 Å². The molecule has 1 saturated heterocycles. The fourth-order valence-electron chi connectivity index (χ4n) is 6.53. The monoisotopic (exact) mass is 578 g/mol. The van der Waals surface area contributed by atoms with E-state index >= 15 is 0 Å². The molecule has 0 amide bonds. The number of hydrogen-bond donors (Lipinski definition) is 1. The number of piperidine rings is 1. The number of pyridine rings is 1. The smallest absolute Gasteiger partial charge is 0.342 e. The first-order valence-electron chi connectivity index (χ1n) is 15.1. The molecule has 226 valence electrons. The third-order valence-electron chi connectivity index (χ3n) is 8.50. The van der Waals surface area contributed by atoms with Gasteiger partial charge in [0.15, 0.2) is 0 Å². The lowest BCUT2D eigenvalue weighted by atomic mass is 9.83. The highest BCUT2D eigenvalue weighted by Gasteiger charge is 2.35. The van der Waals surface area contributed by atoms with Crippen molar-refractivity contribution in [3.63, 3.8) is 0 Å². The Morgan fingerprint density at radius 3 is 2.76 bits per heavy atom. The molecule has 1 aromatic heterocycles. The van der Waals surface area contributed by atoms with Crippen molar-refractivity contribution in [2.24, 2.45) is 5.92 Å². The van der Waals surface area contributed by atoms with Crippen molar-refractivity contribution in [1.29, 1.82) is 0 Å².